The van der Waals surface area contributed by atoms with Crippen molar-refractivity contribution in [3.63, 3.8) is 0 Å². The van der Waals surface area contributed by atoms with E-state index in [4.69, 9.17) is 5.11 Å². The molecule has 0 unspecified atom stereocenters. The molecule has 1 aromatic carbocycles. The van der Waals surface area contributed by atoms with Gasteiger partial charge in [0.15, 0.2) is 0 Å². The van der Waals surface area contributed by atoms with Gasteiger partial charge in [-0.05, 0) is 6.07 Å². The van der Waals surface area contributed by atoms with Gasteiger partial charge in [-0.15, -0.1) is 0 Å². The molecule has 1 aromatic heterocycles. The van der Waals surface area contributed by atoms with Gasteiger partial charge in [-0.2, -0.15) is 10.2 Å². The summed E-state index contributed by atoms with van der Waals surface area (Å²) in [7, 11) is 0. The SMILES string of the molecule is OCCC#Cc1cnnc2ccccc12. The molecular formula is C12H10N2O. The monoisotopic (exact) mass is 198 g/mol. The summed E-state index contributed by atoms with van der Waals surface area (Å²) in [6.07, 6.45) is 2.13. The molecule has 0 spiro atoms. The molecule has 1 N–H and O–H groups in total. The summed E-state index contributed by atoms with van der Waals surface area (Å²) in [5, 5.41) is 17.5. The van der Waals surface area contributed by atoms with Gasteiger partial charge < -0.3 is 5.11 Å². The average molecular weight is 198 g/mol. The predicted octanol–water partition coefficient (Wildman–Crippen LogP) is 1.36. The molecule has 1 heterocycles. The second-order valence-electron chi connectivity index (χ2n) is 3.05. The Hall–Kier alpha value is -1.92. The van der Waals surface area contributed by atoms with Crippen molar-refractivity contribution in [1.29, 1.82) is 0 Å². The third-order valence-corrected chi connectivity index (χ3v) is 2.01. The second-order valence-corrected chi connectivity index (χ2v) is 3.05. The van der Waals surface area contributed by atoms with Crippen LogP contribution in [0.2, 0.25) is 0 Å². The Morgan fingerprint density at radius 3 is 3.00 bits per heavy atom. The largest absolute Gasteiger partial charge is 0.395 e. The predicted molar refractivity (Wildman–Crippen MR) is 58.1 cm³/mol. The molecule has 0 atom stereocenters. The zero-order valence-electron chi connectivity index (χ0n) is 8.14. The van der Waals surface area contributed by atoms with Crippen molar-refractivity contribution in [1.82, 2.24) is 10.2 Å². The summed E-state index contributed by atoms with van der Waals surface area (Å²) < 4.78 is 0. The maximum absolute atomic E-state index is 8.63. The highest BCUT2D eigenvalue weighted by atomic mass is 16.2. The molecule has 2 aromatic rings. The number of benzene rings is 1. The minimum absolute atomic E-state index is 0.0868. The van der Waals surface area contributed by atoms with Gasteiger partial charge in [-0.3, -0.25) is 0 Å². The highest BCUT2D eigenvalue weighted by Crippen LogP contribution is 2.13. The van der Waals surface area contributed by atoms with Crippen molar-refractivity contribution in [2.75, 3.05) is 6.61 Å². The maximum Gasteiger partial charge on any atom is 0.0942 e. The molecule has 0 aliphatic rings. The van der Waals surface area contributed by atoms with E-state index in [9.17, 15) is 0 Å². The van der Waals surface area contributed by atoms with E-state index in [0.29, 0.717) is 6.42 Å². The summed E-state index contributed by atoms with van der Waals surface area (Å²) in [4.78, 5) is 0. The number of aliphatic hydroxyl groups excluding tert-OH is 1. The van der Waals surface area contributed by atoms with Crippen molar-refractivity contribution in [2.45, 2.75) is 6.42 Å². The molecular weight excluding hydrogens is 188 g/mol. The second kappa shape index (κ2) is 4.54. The van der Waals surface area contributed by atoms with E-state index in [0.717, 1.165) is 16.5 Å². The molecule has 0 radical (unpaired) electrons. The Morgan fingerprint density at radius 1 is 1.27 bits per heavy atom. The van der Waals surface area contributed by atoms with E-state index in [2.05, 4.69) is 22.0 Å². The number of hydrogen-bond donors (Lipinski definition) is 1. The molecule has 0 amide bonds. The van der Waals surface area contributed by atoms with Crippen LogP contribution >= 0.6 is 0 Å². The minimum atomic E-state index is 0.0868. The van der Waals surface area contributed by atoms with E-state index < -0.39 is 0 Å². The van der Waals surface area contributed by atoms with Crippen molar-refractivity contribution in [3.8, 4) is 11.8 Å². The summed E-state index contributed by atoms with van der Waals surface area (Å²) >= 11 is 0. The quantitative estimate of drug-likeness (QED) is 0.704. The van der Waals surface area contributed by atoms with Crippen LogP contribution in [-0.2, 0) is 0 Å². The van der Waals surface area contributed by atoms with E-state index in [1.54, 1.807) is 6.20 Å². The Balaban J connectivity index is 2.48. The van der Waals surface area contributed by atoms with Gasteiger partial charge in [0, 0.05) is 11.8 Å². The third-order valence-electron chi connectivity index (χ3n) is 2.01. The lowest BCUT2D eigenvalue weighted by Crippen LogP contribution is -1.87. The van der Waals surface area contributed by atoms with E-state index >= 15 is 0 Å². The van der Waals surface area contributed by atoms with Crippen LogP contribution in [0, 0.1) is 11.8 Å². The van der Waals surface area contributed by atoms with Gasteiger partial charge in [0.05, 0.1) is 23.9 Å². The standard InChI is InChI=1S/C12H10N2O/c15-8-4-3-5-10-9-13-14-12-7-2-1-6-11(10)12/h1-2,6-7,9,15H,4,8H2. The molecule has 0 aliphatic heterocycles. The molecule has 15 heavy (non-hydrogen) atoms. The first-order valence-corrected chi connectivity index (χ1v) is 4.72. The molecule has 0 aliphatic carbocycles. The molecule has 0 saturated carbocycles. The molecule has 3 nitrogen and oxygen atoms in total. The fraction of sp³-hybridized carbons (Fsp3) is 0.167. The Bertz CT molecular complexity index is 520. The molecule has 2 rings (SSSR count). The number of fused-ring (bicyclic) bond motifs is 1. The van der Waals surface area contributed by atoms with Crippen LogP contribution in [0.25, 0.3) is 10.9 Å². The molecule has 3 heteroatoms. The summed E-state index contributed by atoms with van der Waals surface area (Å²) in [6.45, 7) is 0.0868. The summed E-state index contributed by atoms with van der Waals surface area (Å²) in [6, 6.07) is 7.73. The van der Waals surface area contributed by atoms with Crippen molar-refractivity contribution in [3.05, 3.63) is 36.0 Å². The maximum atomic E-state index is 8.63. The van der Waals surface area contributed by atoms with Gasteiger partial charge in [-0.25, -0.2) is 0 Å². The van der Waals surface area contributed by atoms with Crippen LogP contribution in [0.15, 0.2) is 30.5 Å². The number of hydrogen-bond acceptors (Lipinski definition) is 3. The fourth-order valence-electron chi connectivity index (χ4n) is 1.32. The number of nitrogens with zero attached hydrogens (tertiary/aromatic N) is 2. The normalized spacial score (nSPS) is 9.67. The van der Waals surface area contributed by atoms with Gasteiger partial charge >= 0.3 is 0 Å². The van der Waals surface area contributed by atoms with E-state index in [-0.39, 0.29) is 6.61 Å². The zero-order valence-corrected chi connectivity index (χ0v) is 8.14. The Labute approximate surface area is 87.8 Å². The lowest BCUT2D eigenvalue weighted by atomic mass is 10.1. The van der Waals surface area contributed by atoms with Crippen LogP contribution in [0.4, 0.5) is 0 Å². The minimum Gasteiger partial charge on any atom is -0.395 e. The topological polar surface area (TPSA) is 46.0 Å². The van der Waals surface area contributed by atoms with Crippen molar-refractivity contribution >= 4 is 10.9 Å². The fourth-order valence-corrected chi connectivity index (χ4v) is 1.32. The van der Waals surface area contributed by atoms with E-state index in [1.807, 2.05) is 24.3 Å². The van der Waals surface area contributed by atoms with Gasteiger partial charge in [0.2, 0.25) is 0 Å². The molecule has 0 saturated heterocycles. The summed E-state index contributed by atoms with van der Waals surface area (Å²) in [5.74, 6) is 5.85. The van der Waals surface area contributed by atoms with Gasteiger partial charge in [0.1, 0.15) is 0 Å². The van der Waals surface area contributed by atoms with Crippen molar-refractivity contribution < 1.29 is 5.11 Å². The summed E-state index contributed by atoms with van der Waals surface area (Å²) in [5.41, 5.74) is 1.70. The Morgan fingerprint density at radius 2 is 2.13 bits per heavy atom. The number of aromatic nitrogens is 2. The van der Waals surface area contributed by atoms with Crippen LogP contribution < -0.4 is 0 Å². The molecule has 74 valence electrons. The first-order chi connectivity index (χ1) is 7.42. The van der Waals surface area contributed by atoms with Crippen LogP contribution in [-0.4, -0.2) is 21.9 Å². The molecule has 0 fully saturated rings. The molecule has 0 bridgehead atoms. The lowest BCUT2D eigenvalue weighted by molar-refractivity contribution is 0.305. The van der Waals surface area contributed by atoms with E-state index in [1.165, 1.54) is 0 Å². The van der Waals surface area contributed by atoms with Crippen LogP contribution in [0.5, 0.6) is 0 Å². The number of rotatable bonds is 1. The first kappa shape index (κ1) is 9.63. The zero-order chi connectivity index (χ0) is 10.5. The Kier molecular flexibility index (Phi) is 2.91. The highest BCUT2D eigenvalue weighted by molar-refractivity contribution is 5.83. The number of aliphatic hydroxyl groups is 1. The first-order valence-electron chi connectivity index (χ1n) is 4.72. The van der Waals surface area contributed by atoms with Gasteiger partial charge in [0.25, 0.3) is 0 Å². The lowest BCUT2D eigenvalue weighted by Gasteiger charge is -1.96. The van der Waals surface area contributed by atoms with Crippen molar-refractivity contribution in [2.24, 2.45) is 0 Å². The highest BCUT2D eigenvalue weighted by Gasteiger charge is 1.97. The average Bonchev–Trinajstić information content (AvgIpc) is 2.30. The third kappa shape index (κ3) is 2.12. The smallest absolute Gasteiger partial charge is 0.0942 e. The van der Waals surface area contributed by atoms with Gasteiger partial charge in [-0.1, -0.05) is 30.0 Å². The van der Waals surface area contributed by atoms with Crippen LogP contribution in [0.1, 0.15) is 12.0 Å². The van der Waals surface area contributed by atoms with Crippen LogP contribution in [0.3, 0.4) is 0 Å².